The predicted molar refractivity (Wildman–Crippen MR) is 89.5 cm³/mol. The summed E-state index contributed by atoms with van der Waals surface area (Å²) >= 11 is 0. The zero-order valence-electron chi connectivity index (χ0n) is 14.7. The van der Waals surface area contributed by atoms with Gasteiger partial charge in [0.15, 0.2) is 11.6 Å². The van der Waals surface area contributed by atoms with Crippen LogP contribution in [0.2, 0.25) is 0 Å². The summed E-state index contributed by atoms with van der Waals surface area (Å²) in [6.45, 7) is 1.39. The number of imidazole rings is 1. The fraction of sp³-hybridized carbons (Fsp3) is 0.444. The maximum Gasteiger partial charge on any atom is 0.409 e. The summed E-state index contributed by atoms with van der Waals surface area (Å²) in [5.41, 5.74) is 8.04. The highest BCUT2D eigenvalue weighted by Crippen LogP contribution is 2.35. The van der Waals surface area contributed by atoms with E-state index >= 15 is 0 Å². The lowest BCUT2D eigenvalue weighted by Gasteiger charge is -2.31. The first-order valence-corrected chi connectivity index (χ1v) is 8.69. The van der Waals surface area contributed by atoms with Crippen molar-refractivity contribution in [2.75, 3.05) is 13.7 Å². The molecule has 1 aromatic carbocycles. The van der Waals surface area contributed by atoms with Crippen molar-refractivity contribution >= 4 is 6.09 Å². The number of rotatable bonds is 1. The zero-order valence-corrected chi connectivity index (χ0v) is 14.7. The average molecular weight is 380 g/mol. The molecule has 9 heteroatoms. The number of nitrogens with zero attached hydrogens (tertiary/aromatic N) is 3. The first-order chi connectivity index (χ1) is 12.9. The molecule has 1 amide bonds. The van der Waals surface area contributed by atoms with Crippen molar-refractivity contribution in [1.82, 2.24) is 14.5 Å². The van der Waals surface area contributed by atoms with Gasteiger partial charge >= 0.3 is 6.09 Å². The molecule has 27 heavy (non-hydrogen) atoms. The van der Waals surface area contributed by atoms with E-state index in [-0.39, 0.29) is 5.56 Å². The fourth-order valence-corrected chi connectivity index (χ4v) is 4.01. The van der Waals surface area contributed by atoms with Crippen LogP contribution in [0.25, 0.3) is 0 Å². The van der Waals surface area contributed by atoms with E-state index in [4.69, 9.17) is 10.5 Å². The molecule has 144 valence electrons. The molecule has 0 fully saturated rings. The van der Waals surface area contributed by atoms with Crippen LogP contribution in [0.4, 0.5) is 18.0 Å². The molecule has 1 aliphatic carbocycles. The van der Waals surface area contributed by atoms with Crippen molar-refractivity contribution in [2.45, 2.75) is 37.9 Å². The zero-order chi connectivity index (χ0) is 19.3. The lowest BCUT2D eigenvalue weighted by molar-refractivity contribution is 0.111. The number of aromatic nitrogens is 2. The minimum atomic E-state index is -1.22. The van der Waals surface area contributed by atoms with Crippen LogP contribution in [0, 0.1) is 17.5 Å². The van der Waals surface area contributed by atoms with Gasteiger partial charge in [0.05, 0.1) is 19.3 Å². The van der Waals surface area contributed by atoms with Gasteiger partial charge in [0.25, 0.3) is 0 Å². The number of hydrogen-bond donors (Lipinski definition) is 1. The Morgan fingerprint density at radius 2 is 1.93 bits per heavy atom. The highest BCUT2D eigenvalue weighted by Gasteiger charge is 2.35. The molecular formula is C18H19F3N4O2. The molecule has 0 radical (unpaired) electrons. The molecule has 2 aromatic rings. The fourth-order valence-electron chi connectivity index (χ4n) is 4.01. The smallest absolute Gasteiger partial charge is 0.409 e. The number of amides is 1. The number of carbonyl (C=O) groups is 1. The predicted octanol–water partition coefficient (Wildman–Crippen LogP) is 2.09. The molecular weight excluding hydrogens is 361 g/mol. The molecule has 0 saturated carbocycles. The summed E-state index contributed by atoms with van der Waals surface area (Å²) in [7, 11) is 1.33. The van der Waals surface area contributed by atoms with Crippen molar-refractivity contribution in [2.24, 2.45) is 5.73 Å². The second-order valence-electron chi connectivity index (χ2n) is 6.93. The number of carbonyl (C=O) groups excluding carboxylic acids is 1. The molecule has 0 spiro atoms. The quantitative estimate of drug-likeness (QED) is 0.769. The van der Waals surface area contributed by atoms with Crippen LogP contribution in [0.3, 0.4) is 0 Å². The third-order valence-corrected chi connectivity index (χ3v) is 5.39. The molecule has 2 N–H and O–H groups in total. The van der Waals surface area contributed by atoms with Crippen LogP contribution in [0.1, 0.15) is 28.7 Å². The molecule has 4 rings (SSSR count). The summed E-state index contributed by atoms with van der Waals surface area (Å²) in [6.07, 6.45) is 0.362. The van der Waals surface area contributed by atoms with E-state index in [9.17, 15) is 18.0 Å². The molecule has 0 unspecified atom stereocenters. The average Bonchev–Trinajstić information content (AvgIpc) is 3.00. The van der Waals surface area contributed by atoms with E-state index < -0.39 is 35.5 Å². The molecule has 2 heterocycles. The van der Waals surface area contributed by atoms with Crippen LogP contribution in [0.15, 0.2) is 12.1 Å². The van der Waals surface area contributed by atoms with Crippen molar-refractivity contribution < 1.29 is 22.7 Å². The van der Waals surface area contributed by atoms with Gasteiger partial charge in [0.1, 0.15) is 11.6 Å². The summed E-state index contributed by atoms with van der Waals surface area (Å²) in [4.78, 5) is 17.9. The molecule has 1 aromatic heterocycles. The summed E-state index contributed by atoms with van der Waals surface area (Å²) in [5.74, 6) is -2.90. The Hall–Kier alpha value is -2.55. The second kappa shape index (κ2) is 6.56. The van der Waals surface area contributed by atoms with Gasteiger partial charge in [-0.3, -0.25) is 4.90 Å². The number of hydrogen-bond acceptors (Lipinski definition) is 4. The number of halogens is 3. The minimum absolute atomic E-state index is 0.0641. The van der Waals surface area contributed by atoms with Gasteiger partial charge in [0, 0.05) is 43.2 Å². The Bertz CT molecular complexity index is 914. The van der Waals surface area contributed by atoms with E-state index in [0.29, 0.717) is 38.5 Å². The highest BCUT2D eigenvalue weighted by molar-refractivity contribution is 5.67. The second-order valence-corrected chi connectivity index (χ2v) is 6.93. The Morgan fingerprint density at radius 1 is 1.19 bits per heavy atom. The van der Waals surface area contributed by atoms with Gasteiger partial charge in [-0.25, -0.2) is 22.9 Å². The third-order valence-electron chi connectivity index (χ3n) is 5.39. The van der Waals surface area contributed by atoms with E-state index in [1.807, 2.05) is 4.57 Å². The third kappa shape index (κ3) is 2.95. The standard InChI is InChI=1S/C18H19F3N4O2/c1-27-18(26)24-2-3-25-16-7-14(22)10(5-15(16)23-17(25)8-24)9-4-12(20)13(21)6-11(9)19/h4,6,10,14H,2-3,5,7-8,22H2,1H3/t10-,14+/m1/s1. The first kappa shape index (κ1) is 17.8. The lowest BCUT2D eigenvalue weighted by atomic mass is 9.80. The Morgan fingerprint density at radius 3 is 2.67 bits per heavy atom. The van der Waals surface area contributed by atoms with E-state index in [0.717, 1.165) is 23.3 Å². The molecule has 6 nitrogen and oxygen atoms in total. The number of fused-ring (bicyclic) bond motifs is 3. The molecule has 2 atom stereocenters. The number of methoxy groups -OCH3 is 1. The van der Waals surface area contributed by atoms with Crippen LogP contribution in [-0.2, 0) is 30.7 Å². The maximum absolute atomic E-state index is 14.2. The number of nitrogens with two attached hydrogens (primary N) is 1. The largest absolute Gasteiger partial charge is 0.453 e. The van der Waals surface area contributed by atoms with Crippen molar-refractivity contribution in [1.29, 1.82) is 0 Å². The summed E-state index contributed by atoms with van der Waals surface area (Å²) in [6, 6.07) is 0.991. The summed E-state index contributed by atoms with van der Waals surface area (Å²) < 4.78 is 47.9. The minimum Gasteiger partial charge on any atom is -0.453 e. The van der Waals surface area contributed by atoms with Crippen LogP contribution in [-0.4, -0.2) is 40.2 Å². The SMILES string of the molecule is COC(=O)N1CCn2c(nc3c2C[C@H](N)[C@@H](c2cc(F)c(F)cc2F)C3)C1. The summed E-state index contributed by atoms with van der Waals surface area (Å²) in [5, 5.41) is 0. The van der Waals surface area contributed by atoms with Gasteiger partial charge in [-0.2, -0.15) is 0 Å². The molecule has 1 aliphatic heterocycles. The van der Waals surface area contributed by atoms with E-state index in [2.05, 4.69) is 4.98 Å². The Labute approximate surface area is 153 Å². The van der Waals surface area contributed by atoms with Gasteiger partial charge in [-0.15, -0.1) is 0 Å². The lowest BCUT2D eigenvalue weighted by Crippen LogP contribution is -2.40. The van der Waals surface area contributed by atoms with Gasteiger partial charge in [-0.1, -0.05) is 0 Å². The van der Waals surface area contributed by atoms with Crippen LogP contribution >= 0.6 is 0 Å². The van der Waals surface area contributed by atoms with Gasteiger partial charge in [0.2, 0.25) is 0 Å². The van der Waals surface area contributed by atoms with E-state index in [1.54, 1.807) is 4.90 Å². The Balaban J connectivity index is 1.65. The number of ether oxygens (including phenoxy) is 1. The monoisotopic (exact) mass is 380 g/mol. The van der Waals surface area contributed by atoms with Crippen LogP contribution in [0.5, 0.6) is 0 Å². The van der Waals surface area contributed by atoms with Crippen molar-refractivity contribution in [3.05, 3.63) is 52.4 Å². The Kier molecular flexibility index (Phi) is 4.33. The molecule has 0 saturated heterocycles. The molecule has 2 aliphatic rings. The van der Waals surface area contributed by atoms with Gasteiger partial charge in [-0.05, 0) is 18.1 Å². The first-order valence-electron chi connectivity index (χ1n) is 8.69. The normalized spacial score (nSPS) is 21.6. The topological polar surface area (TPSA) is 73.4 Å². The van der Waals surface area contributed by atoms with Crippen molar-refractivity contribution in [3.8, 4) is 0 Å². The van der Waals surface area contributed by atoms with Crippen LogP contribution < -0.4 is 5.73 Å². The van der Waals surface area contributed by atoms with E-state index in [1.165, 1.54) is 7.11 Å². The van der Waals surface area contributed by atoms with Crippen molar-refractivity contribution in [3.63, 3.8) is 0 Å². The molecule has 0 bridgehead atoms. The van der Waals surface area contributed by atoms with Gasteiger partial charge < -0.3 is 15.0 Å². The maximum atomic E-state index is 14.2. The highest BCUT2D eigenvalue weighted by atomic mass is 19.2. The number of benzene rings is 1.